The van der Waals surface area contributed by atoms with Crippen molar-refractivity contribution in [1.29, 1.82) is 0 Å². The Bertz CT molecular complexity index is 591. The molecule has 18 heavy (non-hydrogen) atoms. The molecule has 2 rings (SSSR count). The fourth-order valence-electron chi connectivity index (χ4n) is 1.87. The maximum atomic E-state index is 6.13. The normalized spacial score (nSPS) is 10.3. The van der Waals surface area contributed by atoms with Crippen LogP contribution in [0.25, 0.3) is 11.3 Å². The number of hydrogen-bond acceptors (Lipinski definition) is 2. The molecule has 0 spiro atoms. The van der Waals surface area contributed by atoms with Crippen LogP contribution in [0.4, 0.5) is 5.82 Å². The largest absolute Gasteiger partial charge is 0.383 e. The first-order valence-electron chi connectivity index (χ1n) is 5.71. The van der Waals surface area contributed by atoms with E-state index in [1.54, 1.807) is 0 Å². The minimum Gasteiger partial charge on any atom is -0.383 e. The van der Waals surface area contributed by atoms with Crippen LogP contribution in [-0.2, 0) is 13.0 Å². The first kappa shape index (κ1) is 12.7. The van der Waals surface area contributed by atoms with E-state index in [1.165, 1.54) is 0 Å². The summed E-state index contributed by atoms with van der Waals surface area (Å²) in [5.74, 6) is 4.16. The van der Waals surface area contributed by atoms with Crippen molar-refractivity contribution in [3.63, 3.8) is 0 Å². The van der Waals surface area contributed by atoms with Gasteiger partial charge in [-0.1, -0.05) is 40.9 Å². The highest BCUT2D eigenvalue weighted by atomic mass is 79.9. The van der Waals surface area contributed by atoms with E-state index in [9.17, 15) is 0 Å². The average Bonchev–Trinajstić information content (AvgIpc) is 2.69. The Labute approximate surface area is 115 Å². The summed E-state index contributed by atoms with van der Waals surface area (Å²) in [6.45, 7) is 2.50. The van der Waals surface area contributed by atoms with Crippen molar-refractivity contribution in [2.75, 3.05) is 5.73 Å². The standard InChI is InChI=1S/C14H14BrN3/c1-3-9-18-12(4-2)17-13(14(18)16)10-5-7-11(15)8-6-10/h1,5-8H,4,9,16H2,2H3. The minimum atomic E-state index is 0.457. The second-order valence-electron chi connectivity index (χ2n) is 3.91. The fraction of sp³-hybridized carbons (Fsp3) is 0.214. The molecule has 0 aliphatic heterocycles. The highest BCUT2D eigenvalue weighted by Gasteiger charge is 2.14. The van der Waals surface area contributed by atoms with E-state index in [2.05, 4.69) is 26.8 Å². The van der Waals surface area contributed by atoms with Gasteiger partial charge < -0.3 is 10.3 Å². The summed E-state index contributed by atoms with van der Waals surface area (Å²) in [5, 5.41) is 0. The van der Waals surface area contributed by atoms with Gasteiger partial charge in [-0.25, -0.2) is 4.98 Å². The van der Waals surface area contributed by atoms with Gasteiger partial charge in [0.2, 0.25) is 0 Å². The first-order valence-corrected chi connectivity index (χ1v) is 6.51. The Kier molecular flexibility index (Phi) is 3.73. The van der Waals surface area contributed by atoms with E-state index < -0.39 is 0 Å². The maximum absolute atomic E-state index is 6.13. The Morgan fingerprint density at radius 1 is 1.39 bits per heavy atom. The number of rotatable bonds is 3. The van der Waals surface area contributed by atoms with Crippen molar-refractivity contribution in [2.45, 2.75) is 19.9 Å². The number of terminal acetylenes is 1. The summed E-state index contributed by atoms with van der Waals surface area (Å²) in [7, 11) is 0. The van der Waals surface area contributed by atoms with Crippen LogP contribution in [0.15, 0.2) is 28.7 Å². The van der Waals surface area contributed by atoms with Crippen LogP contribution in [-0.4, -0.2) is 9.55 Å². The zero-order valence-electron chi connectivity index (χ0n) is 10.2. The second-order valence-corrected chi connectivity index (χ2v) is 4.83. The molecule has 1 aromatic heterocycles. The number of aromatic nitrogens is 2. The van der Waals surface area contributed by atoms with Crippen molar-refractivity contribution in [3.05, 3.63) is 34.6 Å². The number of hydrogen-bond donors (Lipinski definition) is 1. The molecule has 0 amide bonds. The quantitative estimate of drug-likeness (QED) is 0.886. The molecule has 0 bridgehead atoms. The fourth-order valence-corrected chi connectivity index (χ4v) is 2.14. The first-order chi connectivity index (χ1) is 8.67. The third-order valence-corrected chi connectivity index (χ3v) is 3.30. The molecule has 2 N–H and O–H groups in total. The van der Waals surface area contributed by atoms with Crippen LogP contribution in [0, 0.1) is 12.3 Å². The van der Waals surface area contributed by atoms with Gasteiger partial charge in [-0.3, -0.25) is 0 Å². The van der Waals surface area contributed by atoms with Gasteiger partial charge in [-0.2, -0.15) is 0 Å². The third kappa shape index (κ3) is 2.27. The number of nitrogens with two attached hydrogens (primary N) is 1. The van der Waals surface area contributed by atoms with Crippen LogP contribution >= 0.6 is 15.9 Å². The van der Waals surface area contributed by atoms with Crippen molar-refractivity contribution < 1.29 is 0 Å². The van der Waals surface area contributed by atoms with Gasteiger partial charge >= 0.3 is 0 Å². The summed E-state index contributed by atoms with van der Waals surface area (Å²) >= 11 is 3.41. The van der Waals surface area contributed by atoms with Crippen molar-refractivity contribution in [2.24, 2.45) is 0 Å². The van der Waals surface area contributed by atoms with Gasteiger partial charge in [0.05, 0.1) is 6.54 Å². The summed E-state index contributed by atoms with van der Waals surface area (Å²) < 4.78 is 2.92. The topological polar surface area (TPSA) is 43.8 Å². The lowest BCUT2D eigenvalue weighted by Crippen LogP contribution is -2.05. The number of anilines is 1. The molecule has 0 unspecified atom stereocenters. The number of aryl methyl sites for hydroxylation is 1. The number of nitrogens with zero attached hydrogens (tertiary/aromatic N) is 2. The molecule has 3 nitrogen and oxygen atoms in total. The van der Waals surface area contributed by atoms with E-state index in [-0.39, 0.29) is 0 Å². The van der Waals surface area contributed by atoms with E-state index in [4.69, 9.17) is 12.2 Å². The lowest BCUT2D eigenvalue weighted by molar-refractivity contribution is 0.769. The van der Waals surface area contributed by atoms with Crippen LogP contribution in [0.5, 0.6) is 0 Å². The molecule has 0 radical (unpaired) electrons. The molecule has 0 atom stereocenters. The molecule has 1 aromatic carbocycles. The molecule has 92 valence electrons. The summed E-state index contributed by atoms with van der Waals surface area (Å²) in [6.07, 6.45) is 6.17. The predicted octanol–water partition coefficient (Wildman–Crippen LogP) is 3.09. The average molecular weight is 304 g/mol. The van der Waals surface area contributed by atoms with E-state index in [0.29, 0.717) is 12.4 Å². The van der Waals surface area contributed by atoms with E-state index in [1.807, 2.05) is 35.8 Å². The number of imidazole rings is 1. The van der Waals surface area contributed by atoms with Crippen LogP contribution in [0.2, 0.25) is 0 Å². The highest BCUT2D eigenvalue weighted by Crippen LogP contribution is 2.27. The molecule has 0 saturated carbocycles. The molecule has 2 aromatic rings. The summed E-state index contributed by atoms with van der Waals surface area (Å²) in [4.78, 5) is 4.57. The molecule has 0 fully saturated rings. The van der Waals surface area contributed by atoms with E-state index >= 15 is 0 Å². The molecular formula is C14H14BrN3. The predicted molar refractivity (Wildman–Crippen MR) is 78.0 cm³/mol. The van der Waals surface area contributed by atoms with Crippen molar-refractivity contribution >= 4 is 21.7 Å². The monoisotopic (exact) mass is 303 g/mol. The Hall–Kier alpha value is -1.73. The van der Waals surface area contributed by atoms with Crippen molar-refractivity contribution in [3.8, 4) is 23.6 Å². The maximum Gasteiger partial charge on any atom is 0.132 e. The van der Waals surface area contributed by atoms with Crippen LogP contribution < -0.4 is 5.73 Å². The lowest BCUT2D eigenvalue weighted by atomic mass is 10.1. The summed E-state index contributed by atoms with van der Waals surface area (Å²) in [5.41, 5.74) is 7.93. The number of nitrogen functional groups attached to an aromatic ring is 1. The van der Waals surface area contributed by atoms with Gasteiger partial charge in [0, 0.05) is 16.5 Å². The summed E-state index contributed by atoms with van der Waals surface area (Å²) in [6, 6.07) is 7.92. The SMILES string of the molecule is C#CCn1c(CC)nc(-c2ccc(Br)cc2)c1N. The molecule has 0 aliphatic carbocycles. The van der Waals surface area contributed by atoms with Crippen LogP contribution in [0.1, 0.15) is 12.7 Å². The van der Waals surface area contributed by atoms with Crippen LogP contribution in [0.3, 0.4) is 0 Å². The minimum absolute atomic E-state index is 0.457. The molecule has 4 heteroatoms. The highest BCUT2D eigenvalue weighted by molar-refractivity contribution is 9.10. The Morgan fingerprint density at radius 3 is 2.61 bits per heavy atom. The number of benzene rings is 1. The lowest BCUT2D eigenvalue weighted by Gasteiger charge is -2.04. The van der Waals surface area contributed by atoms with E-state index in [0.717, 1.165) is 28.0 Å². The zero-order valence-corrected chi connectivity index (χ0v) is 11.7. The van der Waals surface area contributed by atoms with Crippen molar-refractivity contribution in [1.82, 2.24) is 9.55 Å². The molecule has 1 heterocycles. The molecule has 0 aliphatic rings. The molecular weight excluding hydrogens is 290 g/mol. The third-order valence-electron chi connectivity index (χ3n) is 2.77. The number of halogens is 1. The van der Waals surface area contributed by atoms with Gasteiger partial charge in [0.25, 0.3) is 0 Å². The zero-order chi connectivity index (χ0) is 13.1. The van der Waals surface area contributed by atoms with Gasteiger partial charge in [0.15, 0.2) is 0 Å². The Morgan fingerprint density at radius 2 is 2.06 bits per heavy atom. The van der Waals surface area contributed by atoms with Gasteiger partial charge in [0.1, 0.15) is 17.3 Å². The molecule has 0 saturated heterocycles. The van der Waals surface area contributed by atoms with Gasteiger partial charge in [-0.15, -0.1) is 6.42 Å². The second kappa shape index (κ2) is 5.28. The van der Waals surface area contributed by atoms with Gasteiger partial charge in [-0.05, 0) is 12.1 Å². The smallest absolute Gasteiger partial charge is 0.132 e. The Balaban J connectivity index is 2.52.